The molecular weight excluding hydrogens is 318 g/mol. The van der Waals surface area contributed by atoms with Crippen molar-refractivity contribution in [1.29, 1.82) is 0 Å². The standard InChI is InChI=1S/C18H25N5O2/c1-14(18(24)25)10-15-5-8-22(9-6-15)11-17-13-23(21-20-17)12-16-4-2-3-7-19-16/h2-4,7,13-15H,5-6,8-12H2,1H3,(H,24,25). The van der Waals surface area contributed by atoms with Gasteiger partial charge in [0.1, 0.15) is 0 Å². The van der Waals surface area contributed by atoms with Crippen LogP contribution in [-0.2, 0) is 17.9 Å². The molecule has 1 aliphatic rings. The summed E-state index contributed by atoms with van der Waals surface area (Å²) in [6.07, 6.45) is 6.65. The first-order valence-electron chi connectivity index (χ1n) is 8.84. The predicted molar refractivity (Wildman–Crippen MR) is 92.8 cm³/mol. The number of hydrogen-bond donors (Lipinski definition) is 1. The number of aliphatic carboxylic acids is 1. The Morgan fingerprint density at radius 3 is 2.76 bits per heavy atom. The van der Waals surface area contributed by atoms with Crippen LogP contribution in [-0.4, -0.2) is 49.0 Å². The molecule has 0 amide bonds. The van der Waals surface area contributed by atoms with Gasteiger partial charge in [0.05, 0.1) is 30.0 Å². The van der Waals surface area contributed by atoms with E-state index in [2.05, 4.69) is 20.2 Å². The summed E-state index contributed by atoms with van der Waals surface area (Å²) >= 11 is 0. The SMILES string of the molecule is CC(CC1CCN(Cc2cn(Cc3ccccn3)nn2)CC1)C(=O)O. The van der Waals surface area contributed by atoms with Gasteiger partial charge in [-0.1, -0.05) is 18.2 Å². The molecule has 7 heteroatoms. The molecule has 134 valence electrons. The highest BCUT2D eigenvalue weighted by Crippen LogP contribution is 2.25. The molecule has 0 saturated carbocycles. The molecule has 2 aromatic rings. The van der Waals surface area contributed by atoms with Crippen LogP contribution >= 0.6 is 0 Å². The Labute approximate surface area is 147 Å². The van der Waals surface area contributed by atoms with E-state index in [9.17, 15) is 4.79 Å². The highest BCUT2D eigenvalue weighted by Gasteiger charge is 2.23. The van der Waals surface area contributed by atoms with Gasteiger partial charge in [-0.25, -0.2) is 4.68 Å². The van der Waals surface area contributed by atoms with Gasteiger partial charge >= 0.3 is 5.97 Å². The summed E-state index contributed by atoms with van der Waals surface area (Å²) in [4.78, 5) is 17.7. The van der Waals surface area contributed by atoms with Crippen LogP contribution in [0.1, 0.15) is 37.6 Å². The highest BCUT2D eigenvalue weighted by atomic mass is 16.4. The monoisotopic (exact) mass is 343 g/mol. The van der Waals surface area contributed by atoms with E-state index in [4.69, 9.17) is 5.11 Å². The maximum atomic E-state index is 11.0. The van der Waals surface area contributed by atoms with E-state index in [1.54, 1.807) is 13.1 Å². The largest absolute Gasteiger partial charge is 0.481 e. The fourth-order valence-corrected chi connectivity index (χ4v) is 3.36. The maximum Gasteiger partial charge on any atom is 0.306 e. The minimum atomic E-state index is -0.688. The third-order valence-corrected chi connectivity index (χ3v) is 4.84. The first-order valence-corrected chi connectivity index (χ1v) is 8.84. The van der Waals surface area contributed by atoms with E-state index in [-0.39, 0.29) is 5.92 Å². The quantitative estimate of drug-likeness (QED) is 0.828. The second-order valence-corrected chi connectivity index (χ2v) is 6.92. The van der Waals surface area contributed by atoms with Crippen molar-refractivity contribution in [2.24, 2.45) is 11.8 Å². The molecule has 2 aromatic heterocycles. The number of pyridine rings is 1. The highest BCUT2D eigenvalue weighted by molar-refractivity contribution is 5.69. The van der Waals surface area contributed by atoms with Gasteiger partial charge in [0.2, 0.25) is 0 Å². The van der Waals surface area contributed by atoms with E-state index in [1.165, 1.54) is 0 Å². The van der Waals surface area contributed by atoms with Gasteiger partial charge in [-0.3, -0.25) is 14.7 Å². The van der Waals surface area contributed by atoms with Crippen LogP contribution in [0.15, 0.2) is 30.6 Å². The number of rotatable bonds is 7. The van der Waals surface area contributed by atoms with E-state index < -0.39 is 5.97 Å². The van der Waals surface area contributed by atoms with Gasteiger partial charge < -0.3 is 5.11 Å². The fraction of sp³-hybridized carbons (Fsp3) is 0.556. The van der Waals surface area contributed by atoms with E-state index in [1.807, 2.05) is 29.1 Å². The molecule has 1 N–H and O–H groups in total. The summed E-state index contributed by atoms with van der Waals surface area (Å²) in [5.41, 5.74) is 1.93. The van der Waals surface area contributed by atoms with Crippen LogP contribution in [0.2, 0.25) is 0 Å². The van der Waals surface area contributed by atoms with Gasteiger partial charge in [-0.2, -0.15) is 0 Å². The zero-order valence-corrected chi connectivity index (χ0v) is 14.6. The molecule has 1 atom stereocenters. The number of carboxylic acid groups (broad SMARTS) is 1. The van der Waals surface area contributed by atoms with Crippen molar-refractivity contribution in [2.45, 2.75) is 39.3 Å². The Morgan fingerprint density at radius 2 is 2.08 bits per heavy atom. The summed E-state index contributed by atoms with van der Waals surface area (Å²) in [5, 5.41) is 17.5. The number of hydrogen-bond acceptors (Lipinski definition) is 5. The molecule has 1 aliphatic heterocycles. The lowest BCUT2D eigenvalue weighted by Crippen LogP contribution is -2.34. The molecule has 0 bridgehead atoms. The molecule has 0 aromatic carbocycles. The third kappa shape index (κ3) is 5.09. The Morgan fingerprint density at radius 1 is 1.28 bits per heavy atom. The van der Waals surface area contributed by atoms with E-state index in [0.29, 0.717) is 12.5 Å². The molecule has 1 saturated heterocycles. The van der Waals surface area contributed by atoms with Crippen molar-refractivity contribution in [3.8, 4) is 0 Å². The number of carbonyl (C=O) groups is 1. The Kier molecular flexibility index (Phi) is 5.75. The van der Waals surface area contributed by atoms with Crippen molar-refractivity contribution in [3.05, 3.63) is 42.0 Å². The lowest BCUT2D eigenvalue weighted by molar-refractivity contribution is -0.141. The lowest BCUT2D eigenvalue weighted by Gasteiger charge is -2.32. The molecule has 0 aliphatic carbocycles. The average molecular weight is 343 g/mol. The summed E-state index contributed by atoms with van der Waals surface area (Å²) < 4.78 is 1.82. The van der Waals surface area contributed by atoms with Crippen LogP contribution in [0.4, 0.5) is 0 Å². The van der Waals surface area contributed by atoms with E-state index >= 15 is 0 Å². The average Bonchev–Trinajstić information content (AvgIpc) is 3.04. The zero-order chi connectivity index (χ0) is 17.6. The first-order chi connectivity index (χ1) is 12.1. The van der Waals surface area contributed by atoms with Gasteiger partial charge in [0.15, 0.2) is 0 Å². The van der Waals surface area contributed by atoms with Crippen molar-refractivity contribution in [2.75, 3.05) is 13.1 Å². The Hall–Kier alpha value is -2.28. The number of carboxylic acids is 1. The second kappa shape index (κ2) is 8.20. The molecule has 3 heterocycles. The molecule has 25 heavy (non-hydrogen) atoms. The van der Waals surface area contributed by atoms with Crippen LogP contribution in [0.3, 0.4) is 0 Å². The maximum absolute atomic E-state index is 11.0. The topological polar surface area (TPSA) is 84.1 Å². The minimum Gasteiger partial charge on any atom is -0.481 e. The molecule has 0 spiro atoms. The first kappa shape index (κ1) is 17.5. The molecule has 1 unspecified atom stereocenters. The number of nitrogens with zero attached hydrogens (tertiary/aromatic N) is 5. The summed E-state index contributed by atoms with van der Waals surface area (Å²) in [6, 6.07) is 5.84. The minimum absolute atomic E-state index is 0.247. The van der Waals surface area contributed by atoms with Crippen molar-refractivity contribution < 1.29 is 9.90 Å². The number of aromatic nitrogens is 4. The lowest BCUT2D eigenvalue weighted by atomic mass is 9.88. The molecule has 0 radical (unpaired) electrons. The molecule has 7 nitrogen and oxygen atoms in total. The Balaban J connectivity index is 1.46. The zero-order valence-electron chi connectivity index (χ0n) is 14.6. The molecule has 3 rings (SSSR count). The second-order valence-electron chi connectivity index (χ2n) is 6.92. The molecular formula is C18H25N5O2. The predicted octanol–water partition coefficient (Wildman–Crippen LogP) is 2.04. The normalized spacial score (nSPS) is 17.5. The van der Waals surface area contributed by atoms with E-state index in [0.717, 1.165) is 50.3 Å². The van der Waals surface area contributed by atoms with Gasteiger partial charge in [0, 0.05) is 12.7 Å². The van der Waals surface area contributed by atoms with Crippen LogP contribution in [0.25, 0.3) is 0 Å². The fourth-order valence-electron chi connectivity index (χ4n) is 3.36. The molecule has 1 fully saturated rings. The summed E-state index contributed by atoms with van der Waals surface area (Å²) in [6.45, 7) is 5.20. The van der Waals surface area contributed by atoms with Gasteiger partial charge in [-0.15, -0.1) is 5.10 Å². The van der Waals surface area contributed by atoms with Crippen LogP contribution < -0.4 is 0 Å². The number of likely N-dealkylation sites (tertiary alicyclic amines) is 1. The smallest absolute Gasteiger partial charge is 0.306 e. The summed E-state index contributed by atoms with van der Waals surface area (Å²) in [5.74, 6) is -0.419. The van der Waals surface area contributed by atoms with Crippen LogP contribution in [0, 0.1) is 11.8 Å². The third-order valence-electron chi connectivity index (χ3n) is 4.84. The van der Waals surface area contributed by atoms with Crippen LogP contribution in [0.5, 0.6) is 0 Å². The number of piperidine rings is 1. The van der Waals surface area contributed by atoms with Crippen molar-refractivity contribution in [1.82, 2.24) is 24.9 Å². The Bertz CT molecular complexity index is 680. The van der Waals surface area contributed by atoms with Crippen molar-refractivity contribution in [3.63, 3.8) is 0 Å². The van der Waals surface area contributed by atoms with Gasteiger partial charge in [-0.05, 0) is 50.4 Å². The van der Waals surface area contributed by atoms with Gasteiger partial charge in [0.25, 0.3) is 0 Å². The summed E-state index contributed by atoms with van der Waals surface area (Å²) in [7, 11) is 0. The van der Waals surface area contributed by atoms with Crippen molar-refractivity contribution >= 4 is 5.97 Å².